The molecule has 1 fully saturated rings. The number of aromatic nitrogens is 1. The van der Waals surface area contributed by atoms with Crippen LogP contribution in [0.1, 0.15) is 36.5 Å². The standard InChI is InChI=1S/C16H19NO3/c1-2-19-11-6-7-14-12(9-11)13(10-17-14)16(18)15-5-3-4-8-20-15/h6-7,9-10,15,17H,2-5,8H2,1H3. The van der Waals surface area contributed by atoms with E-state index in [4.69, 9.17) is 9.47 Å². The van der Waals surface area contributed by atoms with E-state index in [1.54, 1.807) is 6.20 Å². The van der Waals surface area contributed by atoms with Gasteiger partial charge in [0, 0.05) is 29.3 Å². The van der Waals surface area contributed by atoms with Gasteiger partial charge in [-0.1, -0.05) is 0 Å². The Balaban J connectivity index is 1.93. The van der Waals surface area contributed by atoms with Crippen LogP contribution in [-0.2, 0) is 4.74 Å². The molecular formula is C16H19NO3. The number of carbonyl (C=O) groups is 1. The highest BCUT2D eigenvalue weighted by Crippen LogP contribution is 2.26. The summed E-state index contributed by atoms with van der Waals surface area (Å²) in [4.78, 5) is 15.7. The van der Waals surface area contributed by atoms with E-state index in [1.165, 1.54) is 0 Å². The molecular weight excluding hydrogens is 254 g/mol. The number of ketones is 1. The Hall–Kier alpha value is -1.81. The predicted molar refractivity (Wildman–Crippen MR) is 77.4 cm³/mol. The van der Waals surface area contributed by atoms with Crippen LogP contribution in [-0.4, -0.2) is 30.1 Å². The third-order valence-electron chi connectivity index (χ3n) is 3.70. The van der Waals surface area contributed by atoms with Gasteiger partial charge in [-0.15, -0.1) is 0 Å². The van der Waals surface area contributed by atoms with Crippen molar-refractivity contribution in [2.24, 2.45) is 0 Å². The maximum atomic E-state index is 12.6. The summed E-state index contributed by atoms with van der Waals surface area (Å²) in [5.74, 6) is 0.864. The van der Waals surface area contributed by atoms with Crippen LogP contribution in [0.2, 0.25) is 0 Å². The van der Waals surface area contributed by atoms with Gasteiger partial charge in [-0.05, 0) is 44.4 Å². The molecule has 4 nitrogen and oxygen atoms in total. The molecule has 1 unspecified atom stereocenters. The highest BCUT2D eigenvalue weighted by molar-refractivity contribution is 6.10. The Bertz CT molecular complexity index is 611. The first kappa shape index (κ1) is 13.2. The Labute approximate surface area is 118 Å². The van der Waals surface area contributed by atoms with Gasteiger partial charge in [-0.2, -0.15) is 0 Å². The number of hydrogen-bond donors (Lipinski definition) is 1. The molecule has 106 valence electrons. The van der Waals surface area contributed by atoms with Crippen LogP contribution in [0.15, 0.2) is 24.4 Å². The fourth-order valence-electron chi connectivity index (χ4n) is 2.68. The highest BCUT2D eigenvalue weighted by atomic mass is 16.5. The molecule has 0 spiro atoms. The van der Waals surface area contributed by atoms with E-state index in [0.29, 0.717) is 18.8 Å². The molecule has 1 aromatic heterocycles. The molecule has 0 amide bonds. The SMILES string of the molecule is CCOc1ccc2[nH]cc(C(=O)C3CCCCO3)c2c1. The number of ether oxygens (including phenoxy) is 2. The molecule has 2 heterocycles. The molecule has 1 saturated heterocycles. The minimum atomic E-state index is -0.293. The number of Topliss-reactive ketones (excluding diaryl/α,β-unsaturated/α-hetero) is 1. The first-order valence-corrected chi connectivity index (χ1v) is 7.19. The molecule has 3 rings (SSSR count). The maximum absolute atomic E-state index is 12.6. The van der Waals surface area contributed by atoms with Gasteiger partial charge in [-0.25, -0.2) is 0 Å². The summed E-state index contributed by atoms with van der Waals surface area (Å²) in [7, 11) is 0. The maximum Gasteiger partial charge on any atom is 0.193 e. The second-order valence-electron chi connectivity index (χ2n) is 5.06. The van der Waals surface area contributed by atoms with Crippen molar-refractivity contribution in [3.8, 4) is 5.75 Å². The molecule has 0 radical (unpaired) electrons. The Morgan fingerprint density at radius 3 is 3.10 bits per heavy atom. The second-order valence-corrected chi connectivity index (χ2v) is 5.06. The van der Waals surface area contributed by atoms with Crippen LogP contribution in [0, 0.1) is 0 Å². The van der Waals surface area contributed by atoms with E-state index in [-0.39, 0.29) is 11.9 Å². The van der Waals surface area contributed by atoms with Crippen LogP contribution in [0.5, 0.6) is 5.75 Å². The van der Waals surface area contributed by atoms with E-state index >= 15 is 0 Å². The summed E-state index contributed by atoms with van der Waals surface area (Å²) >= 11 is 0. The van der Waals surface area contributed by atoms with Crippen molar-refractivity contribution < 1.29 is 14.3 Å². The van der Waals surface area contributed by atoms with Crippen molar-refractivity contribution >= 4 is 16.7 Å². The van der Waals surface area contributed by atoms with E-state index in [2.05, 4.69) is 4.98 Å². The van der Waals surface area contributed by atoms with E-state index in [0.717, 1.165) is 35.9 Å². The quantitative estimate of drug-likeness (QED) is 0.869. The van der Waals surface area contributed by atoms with Crippen LogP contribution in [0.3, 0.4) is 0 Å². The molecule has 1 aliphatic heterocycles. The Morgan fingerprint density at radius 1 is 1.45 bits per heavy atom. The minimum Gasteiger partial charge on any atom is -0.494 e. The van der Waals surface area contributed by atoms with E-state index in [1.807, 2.05) is 25.1 Å². The number of hydrogen-bond acceptors (Lipinski definition) is 3. The summed E-state index contributed by atoms with van der Waals surface area (Å²) < 4.78 is 11.1. The van der Waals surface area contributed by atoms with Crippen LogP contribution in [0.25, 0.3) is 10.9 Å². The van der Waals surface area contributed by atoms with Crippen molar-refractivity contribution in [2.75, 3.05) is 13.2 Å². The lowest BCUT2D eigenvalue weighted by atomic mass is 9.99. The van der Waals surface area contributed by atoms with Gasteiger partial charge in [0.2, 0.25) is 0 Å². The van der Waals surface area contributed by atoms with Gasteiger partial charge in [0.1, 0.15) is 11.9 Å². The molecule has 1 N–H and O–H groups in total. The summed E-state index contributed by atoms with van der Waals surface area (Å²) in [6, 6.07) is 5.78. The van der Waals surface area contributed by atoms with Gasteiger partial charge in [0.05, 0.1) is 6.61 Å². The Kier molecular flexibility index (Phi) is 3.74. The lowest BCUT2D eigenvalue weighted by Crippen LogP contribution is -2.28. The van der Waals surface area contributed by atoms with E-state index in [9.17, 15) is 4.79 Å². The zero-order valence-electron chi connectivity index (χ0n) is 11.6. The average Bonchev–Trinajstić information content (AvgIpc) is 2.91. The van der Waals surface area contributed by atoms with Gasteiger partial charge in [0.25, 0.3) is 0 Å². The highest BCUT2D eigenvalue weighted by Gasteiger charge is 2.25. The molecule has 0 aliphatic carbocycles. The average molecular weight is 273 g/mol. The van der Waals surface area contributed by atoms with Crippen LogP contribution in [0.4, 0.5) is 0 Å². The fourth-order valence-corrected chi connectivity index (χ4v) is 2.68. The normalized spacial score (nSPS) is 19.1. The number of fused-ring (bicyclic) bond motifs is 1. The molecule has 0 saturated carbocycles. The topological polar surface area (TPSA) is 51.3 Å². The van der Waals surface area contributed by atoms with Crippen molar-refractivity contribution in [1.82, 2.24) is 4.98 Å². The largest absolute Gasteiger partial charge is 0.494 e. The fraction of sp³-hybridized carbons (Fsp3) is 0.438. The smallest absolute Gasteiger partial charge is 0.193 e. The van der Waals surface area contributed by atoms with Gasteiger partial charge in [0.15, 0.2) is 5.78 Å². The summed E-state index contributed by atoms with van der Waals surface area (Å²) in [5.41, 5.74) is 1.65. The first-order valence-electron chi connectivity index (χ1n) is 7.19. The molecule has 20 heavy (non-hydrogen) atoms. The molecule has 0 bridgehead atoms. The zero-order valence-corrected chi connectivity index (χ0v) is 11.6. The molecule has 1 atom stereocenters. The van der Waals surface area contributed by atoms with Crippen LogP contribution >= 0.6 is 0 Å². The van der Waals surface area contributed by atoms with Crippen LogP contribution < -0.4 is 4.74 Å². The predicted octanol–water partition coefficient (Wildman–Crippen LogP) is 3.32. The Morgan fingerprint density at radius 2 is 2.35 bits per heavy atom. The van der Waals surface area contributed by atoms with Crippen molar-refractivity contribution in [3.63, 3.8) is 0 Å². The van der Waals surface area contributed by atoms with Crippen molar-refractivity contribution in [2.45, 2.75) is 32.3 Å². The van der Waals surface area contributed by atoms with Gasteiger partial charge < -0.3 is 14.5 Å². The minimum absolute atomic E-state index is 0.0737. The summed E-state index contributed by atoms with van der Waals surface area (Å²) in [5, 5.41) is 0.912. The number of nitrogens with one attached hydrogen (secondary N) is 1. The summed E-state index contributed by atoms with van der Waals surface area (Å²) in [6.07, 6.45) is 4.41. The number of rotatable bonds is 4. The lowest BCUT2D eigenvalue weighted by molar-refractivity contribution is 0.0188. The summed E-state index contributed by atoms with van der Waals surface area (Å²) in [6.45, 7) is 3.25. The van der Waals surface area contributed by atoms with Gasteiger partial charge >= 0.3 is 0 Å². The third-order valence-corrected chi connectivity index (χ3v) is 3.70. The monoisotopic (exact) mass is 273 g/mol. The number of benzene rings is 1. The zero-order chi connectivity index (χ0) is 13.9. The number of H-pyrrole nitrogens is 1. The van der Waals surface area contributed by atoms with Gasteiger partial charge in [-0.3, -0.25) is 4.79 Å². The second kappa shape index (κ2) is 5.67. The van der Waals surface area contributed by atoms with Crippen molar-refractivity contribution in [3.05, 3.63) is 30.0 Å². The molecule has 1 aliphatic rings. The van der Waals surface area contributed by atoms with Crippen molar-refractivity contribution in [1.29, 1.82) is 0 Å². The van der Waals surface area contributed by atoms with E-state index < -0.39 is 0 Å². The third kappa shape index (κ3) is 2.43. The number of carbonyl (C=O) groups excluding carboxylic acids is 1. The first-order chi connectivity index (χ1) is 9.79. The molecule has 2 aromatic rings. The number of aromatic amines is 1. The molecule has 4 heteroatoms. The lowest BCUT2D eigenvalue weighted by Gasteiger charge is -2.21. The molecule has 1 aromatic carbocycles.